The van der Waals surface area contributed by atoms with Crippen LogP contribution in [0.15, 0.2) is 54.6 Å². The lowest BCUT2D eigenvalue weighted by Gasteiger charge is -2.25. The summed E-state index contributed by atoms with van der Waals surface area (Å²) in [5.41, 5.74) is 2.94. The number of fused-ring (bicyclic) bond motifs is 1. The number of carbonyl (C=O) groups is 1. The van der Waals surface area contributed by atoms with Crippen molar-refractivity contribution < 1.29 is 13.9 Å². The fraction of sp³-hybridized carbons (Fsp3) is 0.200. The first-order chi connectivity index (χ1) is 13.1. The molecule has 2 heterocycles. The Morgan fingerprint density at radius 3 is 2.85 bits per heavy atom. The van der Waals surface area contributed by atoms with Gasteiger partial charge in [-0.3, -0.25) is 10.1 Å². The number of carbonyl (C=O) groups excluding carboxylic acids is 1. The van der Waals surface area contributed by atoms with E-state index in [1.54, 1.807) is 30.0 Å². The van der Waals surface area contributed by atoms with Crippen molar-refractivity contribution in [3.8, 4) is 17.0 Å². The summed E-state index contributed by atoms with van der Waals surface area (Å²) in [4.78, 5) is 12.2. The number of hydrogen-bond donors (Lipinski definition) is 2. The molecule has 138 valence electrons. The second-order valence-corrected chi connectivity index (χ2v) is 6.32. The van der Waals surface area contributed by atoms with Gasteiger partial charge in [-0.25, -0.2) is 9.07 Å². The van der Waals surface area contributed by atoms with E-state index in [-0.39, 0.29) is 17.9 Å². The van der Waals surface area contributed by atoms with Crippen LogP contribution in [0.25, 0.3) is 11.3 Å². The Hall–Kier alpha value is -3.19. The lowest BCUT2D eigenvalue weighted by atomic mass is 10.1. The molecule has 0 aliphatic carbocycles. The van der Waals surface area contributed by atoms with E-state index in [9.17, 15) is 9.18 Å². The number of aromatic nitrogens is 2. The molecule has 1 aromatic heterocycles. The maximum atomic E-state index is 13.2. The van der Waals surface area contributed by atoms with Crippen molar-refractivity contribution in [2.75, 3.05) is 13.7 Å². The molecule has 4 rings (SSSR count). The predicted octanol–water partition coefficient (Wildman–Crippen LogP) is 2.73. The van der Waals surface area contributed by atoms with Crippen LogP contribution in [0, 0.1) is 5.82 Å². The molecule has 0 unspecified atom stereocenters. The zero-order valence-electron chi connectivity index (χ0n) is 14.8. The molecule has 0 saturated carbocycles. The van der Waals surface area contributed by atoms with Crippen LogP contribution < -0.4 is 15.4 Å². The molecule has 0 saturated heterocycles. The summed E-state index contributed by atoms with van der Waals surface area (Å²) < 4.78 is 20.1. The number of nitrogens with zero attached hydrogens (tertiary/aromatic N) is 2. The minimum atomic E-state index is -0.307. The monoisotopic (exact) mass is 366 g/mol. The van der Waals surface area contributed by atoms with Crippen molar-refractivity contribution in [1.29, 1.82) is 0 Å². The zero-order valence-corrected chi connectivity index (χ0v) is 14.8. The topological polar surface area (TPSA) is 68.2 Å². The lowest BCUT2D eigenvalue weighted by molar-refractivity contribution is 0.0900. The second-order valence-electron chi connectivity index (χ2n) is 6.32. The number of methoxy groups -OCH3 is 1. The lowest BCUT2D eigenvalue weighted by Crippen LogP contribution is -2.45. The predicted molar refractivity (Wildman–Crippen MR) is 98.8 cm³/mol. The number of hydrogen-bond acceptors (Lipinski definition) is 4. The number of rotatable bonds is 5. The van der Waals surface area contributed by atoms with Gasteiger partial charge in [0.2, 0.25) is 0 Å². The third kappa shape index (κ3) is 3.54. The molecule has 0 fully saturated rings. The summed E-state index contributed by atoms with van der Waals surface area (Å²) >= 11 is 0. The molecule has 0 spiro atoms. The van der Waals surface area contributed by atoms with Gasteiger partial charge in [-0.2, -0.15) is 5.10 Å². The maximum absolute atomic E-state index is 13.2. The summed E-state index contributed by atoms with van der Waals surface area (Å²) in [6, 6.07) is 15.6. The standard InChI is InChI=1S/C20H19FN4O2/c1-27-16-4-2-3-13(9-16)11-22-19-12-23-20(26)18-10-17(24-25(18)19)14-5-7-15(21)8-6-14/h2-10,19,22H,11-12H2,1H3,(H,23,26)/t19-/m0/s1. The Morgan fingerprint density at radius 2 is 2.07 bits per heavy atom. The fourth-order valence-electron chi connectivity index (χ4n) is 3.11. The molecule has 1 atom stereocenters. The molecule has 0 bridgehead atoms. The van der Waals surface area contributed by atoms with Crippen molar-refractivity contribution in [3.63, 3.8) is 0 Å². The molecule has 0 radical (unpaired) electrons. The normalized spacial score (nSPS) is 15.9. The van der Waals surface area contributed by atoms with E-state index < -0.39 is 0 Å². The van der Waals surface area contributed by atoms with Gasteiger partial charge in [0.15, 0.2) is 0 Å². The first-order valence-electron chi connectivity index (χ1n) is 8.64. The number of halogens is 1. The largest absolute Gasteiger partial charge is 0.497 e. The maximum Gasteiger partial charge on any atom is 0.269 e. The smallest absolute Gasteiger partial charge is 0.269 e. The number of amides is 1. The molecule has 3 aromatic rings. The summed E-state index contributed by atoms with van der Waals surface area (Å²) in [6.45, 7) is 1.03. The molecule has 1 aliphatic rings. The summed E-state index contributed by atoms with van der Waals surface area (Å²) in [7, 11) is 1.64. The highest BCUT2D eigenvalue weighted by Gasteiger charge is 2.27. The minimum Gasteiger partial charge on any atom is -0.497 e. The quantitative estimate of drug-likeness (QED) is 0.729. The van der Waals surface area contributed by atoms with Crippen molar-refractivity contribution in [1.82, 2.24) is 20.4 Å². The van der Waals surface area contributed by atoms with Crippen LogP contribution in [-0.2, 0) is 6.54 Å². The van der Waals surface area contributed by atoms with Gasteiger partial charge in [-0.15, -0.1) is 0 Å². The van der Waals surface area contributed by atoms with E-state index in [4.69, 9.17) is 4.74 Å². The molecule has 1 amide bonds. The van der Waals surface area contributed by atoms with Gasteiger partial charge in [0.25, 0.3) is 5.91 Å². The summed E-state index contributed by atoms with van der Waals surface area (Å²) in [6.07, 6.45) is -0.182. The number of benzene rings is 2. The third-order valence-electron chi connectivity index (χ3n) is 4.54. The second kappa shape index (κ2) is 7.20. The Kier molecular flexibility index (Phi) is 4.60. The van der Waals surface area contributed by atoms with E-state index in [0.29, 0.717) is 24.5 Å². The van der Waals surface area contributed by atoms with Gasteiger partial charge in [0.05, 0.1) is 19.3 Å². The minimum absolute atomic E-state index is 0.171. The highest BCUT2D eigenvalue weighted by atomic mass is 19.1. The Balaban J connectivity index is 1.57. The van der Waals surface area contributed by atoms with Crippen LogP contribution in [0.1, 0.15) is 22.2 Å². The molecule has 1 aliphatic heterocycles. The van der Waals surface area contributed by atoms with Crippen LogP contribution in [-0.4, -0.2) is 29.3 Å². The van der Waals surface area contributed by atoms with Gasteiger partial charge < -0.3 is 10.1 Å². The molecule has 2 N–H and O–H groups in total. The average molecular weight is 366 g/mol. The van der Waals surface area contributed by atoms with Crippen molar-refractivity contribution in [2.24, 2.45) is 0 Å². The van der Waals surface area contributed by atoms with Gasteiger partial charge in [0.1, 0.15) is 23.4 Å². The van der Waals surface area contributed by atoms with Crippen LogP contribution in [0.3, 0.4) is 0 Å². The third-order valence-corrected chi connectivity index (χ3v) is 4.54. The summed E-state index contributed by atoms with van der Waals surface area (Å²) in [5, 5.41) is 10.9. The van der Waals surface area contributed by atoms with E-state index in [1.807, 2.05) is 24.3 Å². The summed E-state index contributed by atoms with van der Waals surface area (Å²) in [5.74, 6) is 0.318. The highest BCUT2D eigenvalue weighted by Crippen LogP contribution is 2.23. The van der Waals surface area contributed by atoms with Gasteiger partial charge >= 0.3 is 0 Å². The van der Waals surface area contributed by atoms with Crippen molar-refractivity contribution in [3.05, 3.63) is 71.7 Å². The van der Waals surface area contributed by atoms with Crippen LogP contribution in [0.2, 0.25) is 0 Å². The SMILES string of the molecule is COc1cccc(CN[C@@H]2CNC(=O)c3cc(-c4ccc(F)cc4)nn32)c1. The van der Waals surface area contributed by atoms with Crippen LogP contribution in [0.5, 0.6) is 5.75 Å². The zero-order chi connectivity index (χ0) is 18.8. The highest BCUT2D eigenvalue weighted by molar-refractivity contribution is 5.94. The van der Waals surface area contributed by atoms with E-state index in [1.165, 1.54) is 12.1 Å². The van der Waals surface area contributed by atoms with Gasteiger partial charge in [0, 0.05) is 12.1 Å². The van der Waals surface area contributed by atoms with Crippen molar-refractivity contribution >= 4 is 5.91 Å². The Morgan fingerprint density at radius 1 is 1.26 bits per heavy atom. The molecular weight excluding hydrogens is 347 g/mol. The molecular formula is C20H19FN4O2. The van der Waals surface area contributed by atoms with Gasteiger partial charge in [-0.1, -0.05) is 12.1 Å². The van der Waals surface area contributed by atoms with Crippen LogP contribution >= 0.6 is 0 Å². The van der Waals surface area contributed by atoms with E-state index in [0.717, 1.165) is 16.9 Å². The number of ether oxygens (including phenoxy) is 1. The van der Waals surface area contributed by atoms with Gasteiger partial charge in [-0.05, 0) is 48.0 Å². The first kappa shape index (κ1) is 17.2. The van der Waals surface area contributed by atoms with E-state index in [2.05, 4.69) is 15.7 Å². The van der Waals surface area contributed by atoms with E-state index >= 15 is 0 Å². The fourth-order valence-corrected chi connectivity index (χ4v) is 3.11. The Bertz CT molecular complexity index is 968. The molecule has 2 aromatic carbocycles. The Labute approximate surface area is 156 Å². The van der Waals surface area contributed by atoms with Crippen LogP contribution in [0.4, 0.5) is 4.39 Å². The average Bonchev–Trinajstić information content (AvgIpc) is 3.15. The molecule has 7 heteroatoms. The first-order valence-corrected chi connectivity index (χ1v) is 8.64. The molecule has 27 heavy (non-hydrogen) atoms. The molecule has 6 nitrogen and oxygen atoms in total. The number of nitrogens with one attached hydrogen (secondary N) is 2. The van der Waals surface area contributed by atoms with Crippen molar-refractivity contribution in [2.45, 2.75) is 12.7 Å².